The number of ether oxygens (including phenoxy) is 1. The number of nitrogens with one attached hydrogen (secondary N) is 1. The summed E-state index contributed by atoms with van der Waals surface area (Å²) < 4.78 is 5.12. The third-order valence-electron chi connectivity index (χ3n) is 2.55. The van der Waals surface area contributed by atoms with E-state index in [2.05, 4.69) is 5.32 Å². The van der Waals surface area contributed by atoms with Crippen molar-refractivity contribution >= 4 is 5.97 Å². The molecule has 0 spiro atoms. The molecule has 14 heavy (non-hydrogen) atoms. The summed E-state index contributed by atoms with van der Waals surface area (Å²) in [5.74, 6) is -0.860. The van der Waals surface area contributed by atoms with Gasteiger partial charge < -0.3 is 14.9 Å². The zero-order valence-electron chi connectivity index (χ0n) is 8.32. The van der Waals surface area contributed by atoms with E-state index in [-0.39, 0.29) is 12.6 Å². The van der Waals surface area contributed by atoms with Crippen LogP contribution in [0.25, 0.3) is 0 Å². The second-order valence-corrected chi connectivity index (χ2v) is 3.73. The molecule has 0 radical (unpaired) electrons. The van der Waals surface area contributed by atoms with E-state index in [0.717, 1.165) is 0 Å². The molecule has 0 aliphatic carbocycles. The van der Waals surface area contributed by atoms with E-state index in [1.807, 2.05) is 0 Å². The third-order valence-corrected chi connectivity index (χ3v) is 2.55. The van der Waals surface area contributed by atoms with E-state index in [9.17, 15) is 4.79 Å². The van der Waals surface area contributed by atoms with Gasteiger partial charge in [-0.25, -0.2) is 0 Å². The highest BCUT2D eigenvalue weighted by atomic mass is 16.5. The number of rotatable bonds is 4. The number of aliphatic hydroxyl groups is 1. The minimum atomic E-state index is -0.916. The lowest BCUT2D eigenvalue weighted by molar-refractivity contribution is -0.149. The van der Waals surface area contributed by atoms with Crippen LogP contribution >= 0.6 is 0 Å². The average molecular weight is 203 g/mol. The van der Waals surface area contributed by atoms with Crippen molar-refractivity contribution in [2.75, 3.05) is 19.8 Å². The second-order valence-electron chi connectivity index (χ2n) is 3.73. The molecule has 0 aromatic heterocycles. The molecule has 1 saturated heterocycles. The fourth-order valence-electron chi connectivity index (χ4n) is 1.66. The Morgan fingerprint density at radius 2 is 2.14 bits per heavy atom. The minimum Gasteiger partial charge on any atom is -0.480 e. The van der Waals surface area contributed by atoms with Gasteiger partial charge in [-0.2, -0.15) is 0 Å². The Kier molecular flexibility index (Phi) is 3.86. The normalized spacial score (nSPS) is 23.0. The van der Waals surface area contributed by atoms with Crippen molar-refractivity contribution < 1.29 is 19.7 Å². The molecule has 1 unspecified atom stereocenters. The van der Waals surface area contributed by atoms with Gasteiger partial charge in [0.2, 0.25) is 0 Å². The number of carbonyl (C=O) groups is 1. The van der Waals surface area contributed by atoms with Crippen LogP contribution in [0.1, 0.15) is 19.8 Å². The van der Waals surface area contributed by atoms with E-state index in [1.165, 1.54) is 0 Å². The number of hydrogen-bond donors (Lipinski definition) is 3. The van der Waals surface area contributed by atoms with Crippen LogP contribution < -0.4 is 5.32 Å². The van der Waals surface area contributed by atoms with Crippen LogP contribution in [0.4, 0.5) is 0 Å². The number of aliphatic carboxylic acids is 1. The molecule has 3 N–H and O–H groups in total. The van der Waals surface area contributed by atoms with E-state index in [4.69, 9.17) is 14.9 Å². The lowest BCUT2D eigenvalue weighted by atomic mass is 9.89. The molecule has 0 saturated carbocycles. The Morgan fingerprint density at radius 3 is 2.57 bits per heavy atom. The summed E-state index contributed by atoms with van der Waals surface area (Å²) in [7, 11) is 0. The molecule has 1 aliphatic rings. The van der Waals surface area contributed by atoms with Gasteiger partial charge in [-0.05, 0) is 19.8 Å². The van der Waals surface area contributed by atoms with E-state index < -0.39 is 11.5 Å². The van der Waals surface area contributed by atoms with Crippen molar-refractivity contribution in [2.45, 2.75) is 31.3 Å². The molecule has 0 bridgehead atoms. The van der Waals surface area contributed by atoms with Crippen molar-refractivity contribution in [3.05, 3.63) is 0 Å². The molecule has 1 heterocycles. The lowest BCUT2D eigenvalue weighted by Crippen LogP contribution is -2.58. The van der Waals surface area contributed by atoms with Gasteiger partial charge in [0.1, 0.15) is 5.54 Å². The average Bonchev–Trinajstić information content (AvgIpc) is 2.19. The maximum absolute atomic E-state index is 11.1. The largest absolute Gasteiger partial charge is 0.480 e. The summed E-state index contributed by atoms with van der Waals surface area (Å²) in [6, 6.07) is -0.204. The first-order valence-corrected chi connectivity index (χ1v) is 4.80. The summed E-state index contributed by atoms with van der Waals surface area (Å²) in [4.78, 5) is 11.1. The van der Waals surface area contributed by atoms with Crippen LogP contribution in [0.2, 0.25) is 0 Å². The molecule has 82 valence electrons. The molecule has 0 amide bonds. The van der Waals surface area contributed by atoms with Gasteiger partial charge in [-0.1, -0.05) is 0 Å². The predicted octanol–water partition coefficient (Wildman–Crippen LogP) is -0.409. The first kappa shape index (κ1) is 11.4. The SMILES string of the molecule is CC(CO)NC1(C(=O)O)CCOCC1. The predicted molar refractivity (Wildman–Crippen MR) is 50.1 cm³/mol. The molecular formula is C9H17NO4. The quantitative estimate of drug-likeness (QED) is 0.579. The van der Waals surface area contributed by atoms with Crippen LogP contribution in [0, 0.1) is 0 Å². The number of carboxylic acid groups (broad SMARTS) is 1. The van der Waals surface area contributed by atoms with Crippen molar-refractivity contribution in [1.29, 1.82) is 0 Å². The lowest BCUT2D eigenvalue weighted by Gasteiger charge is -2.36. The van der Waals surface area contributed by atoms with Gasteiger partial charge in [0, 0.05) is 19.3 Å². The monoisotopic (exact) mass is 203 g/mol. The molecular weight excluding hydrogens is 186 g/mol. The van der Waals surface area contributed by atoms with Gasteiger partial charge >= 0.3 is 5.97 Å². The van der Waals surface area contributed by atoms with Gasteiger partial charge in [0.15, 0.2) is 0 Å². The molecule has 1 fully saturated rings. The Balaban J connectivity index is 2.65. The van der Waals surface area contributed by atoms with E-state index in [1.54, 1.807) is 6.92 Å². The fourth-order valence-corrected chi connectivity index (χ4v) is 1.66. The van der Waals surface area contributed by atoms with Crippen LogP contribution in [0.3, 0.4) is 0 Å². The van der Waals surface area contributed by atoms with Crippen molar-refractivity contribution in [1.82, 2.24) is 5.32 Å². The summed E-state index contributed by atoms with van der Waals surface area (Å²) in [5.41, 5.74) is -0.916. The Morgan fingerprint density at radius 1 is 1.57 bits per heavy atom. The van der Waals surface area contributed by atoms with Gasteiger partial charge in [-0.15, -0.1) is 0 Å². The summed E-state index contributed by atoms with van der Waals surface area (Å²) in [6.45, 7) is 2.62. The highest BCUT2D eigenvalue weighted by Crippen LogP contribution is 2.21. The van der Waals surface area contributed by atoms with Gasteiger partial charge in [-0.3, -0.25) is 10.1 Å². The van der Waals surface area contributed by atoms with Crippen LogP contribution in [-0.4, -0.2) is 47.6 Å². The Labute approximate surface area is 83.1 Å². The molecule has 0 aromatic rings. The number of aliphatic hydroxyl groups excluding tert-OH is 1. The molecule has 1 rings (SSSR count). The van der Waals surface area contributed by atoms with Crippen molar-refractivity contribution in [3.63, 3.8) is 0 Å². The van der Waals surface area contributed by atoms with Gasteiger partial charge in [0.05, 0.1) is 6.61 Å². The molecule has 0 aromatic carbocycles. The van der Waals surface area contributed by atoms with Crippen molar-refractivity contribution in [3.8, 4) is 0 Å². The van der Waals surface area contributed by atoms with Crippen LogP contribution in [0.15, 0.2) is 0 Å². The maximum atomic E-state index is 11.1. The smallest absolute Gasteiger partial charge is 0.324 e. The van der Waals surface area contributed by atoms with Crippen LogP contribution in [-0.2, 0) is 9.53 Å². The summed E-state index contributed by atoms with van der Waals surface area (Å²) in [5, 5.41) is 21.0. The molecule has 1 aliphatic heterocycles. The zero-order valence-corrected chi connectivity index (χ0v) is 8.32. The highest BCUT2D eigenvalue weighted by molar-refractivity contribution is 5.79. The number of hydrogen-bond acceptors (Lipinski definition) is 4. The van der Waals surface area contributed by atoms with Crippen molar-refractivity contribution in [2.24, 2.45) is 0 Å². The third kappa shape index (κ3) is 2.43. The molecule has 1 atom stereocenters. The highest BCUT2D eigenvalue weighted by Gasteiger charge is 2.40. The fraction of sp³-hybridized carbons (Fsp3) is 0.889. The second kappa shape index (κ2) is 4.72. The Hall–Kier alpha value is -0.650. The first-order chi connectivity index (χ1) is 6.60. The topological polar surface area (TPSA) is 78.8 Å². The Bertz CT molecular complexity index is 201. The van der Waals surface area contributed by atoms with Gasteiger partial charge in [0.25, 0.3) is 0 Å². The standard InChI is InChI=1S/C9H17NO4/c1-7(6-11)10-9(8(12)13)2-4-14-5-3-9/h7,10-11H,2-6H2,1H3,(H,12,13). The van der Waals surface area contributed by atoms with E-state index >= 15 is 0 Å². The van der Waals surface area contributed by atoms with Crippen LogP contribution in [0.5, 0.6) is 0 Å². The minimum absolute atomic E-state index is 0.0596. The summed E-state index contributed by atoms with van der Waals surface area (Å²) >= 11 is 0. The zero-order chi connectivity index (χ0) is 10.6. The first-order valence-electron chi connectivity index (χ1n) is 4.80. The number of carboxylic acids is 1. The maximum Gasteiger partial charge on any atom is 0.324 e. The molecule has 5 heteroatoms. The van der Waals surface area contributed by atoms with E-state index in [0.29, 0.717) is 26.1 Å². The molecule has 5 nitrogen and oxygen atoms in total. The summed E-state index contributed by atoms with van der Waals surface area (Å²) in [6.07, 6.45) is 0.902.